The Hall–Kier alpha value is -3.07. The van der Waals surface area contributed by atoms with E-state index in [1.54, 1.807) is 0 Å². The number of oxime groups is 1. The molecular weight excluding hydrogens is 437 g/mol. The number of carbonyl (C=O) groups excluding carboxylic acids is 1. The predicted molar refractivity (Wildman–Crippen MR) is 114 cm³/mol. The highest BCUT2D eigenvalue weighted by molar-refractivity contribution is 5.93. The standard InChI is InChI=1S/C24H25F3N2O4/c25-24(26,27)32-18-11-9-16(10-12-18)14-28-22(31)20-8-4-7-19(20)21-13-23(15-30,33-29-21)17-5-2-1-3-6-17/h1-3,5-6,9-12,19-20,30H,4,7-8,13-15H2,(H,28,31)/t19-,20-,23?/m1/s1. The van der Waals surface area contributed by atoms with Crippen molar-refractivity contribution in [3.8, 4) is 5.75 Å². The summed E-state index contributed by atoms with van der Waals surface area (Å²) in [5.41, 5.74) is 1.35. The largest absolute Gasteiger partial charge is 0.573 e. The number of aliphatic hydroxyl groups excluding tert-OH is 1. The lowest BCUT2D eigenvalue weighted by molar-refractivity contribution is -0.274. The van der Waals surface area contributed by atoms with Gasteiger partial charge in [-0.2, -0.15) is 0 Å². The highest BCUT2D eigenvalue weighted by atomic mass is 19.4. The van der Waals surface area contributed by atoms with Crippen LogP contribution in [0.1, 0.15) is 36.8 Å². The van der Waals surface area contributed by atoms with Gasteiger partial charge in [-0.1, -0.05) is 54.0 Å². The zero-order chi connectivity index (χ0) is 23.5. The predicted octanol–water partition coefficient (Wildman–Crippen LogP) is 4.28. The second-order valence-electron chi connectivity index (χ2n) is 8.42. The molecule has 4 rings (SSSR count). The van der Waals surface area contributed by atoms with E-state index >= 15 is 0 Å². The number of nitrogens with one attached hydrogen (secondary N) is 1. The van der Waals surface area contributed by atoms with Gasteiger partial charge in [0.05, 0.1) is 12.3 Å². The Morgan fingerprint density at radius 3 is 2.55 bits per heavy atom. The van der Waals surface area contributed by atoms with Crippen LogP contribution in [0.25, 0.3) is 0 Å². The zero-order valence-corrected chi connectivity index (χ0v) is 17.8. The van der Waals surface area contributed by atoms with Crippen molar-refractivity contribution in [3.05, 3.63) is 65.7 Å². The molecule has 1 unspecified atom stereocenters. The van der Waals surface area contributed by atoms with Gasteiger partial charge in [-0.15, -0.1) is 13.2 Å². The maximum absolute atomic E-state index is 12.9. The number of hydrogen-bond acceptors (Lipinski definition) is 5. The lowest BCUT2D eigenvalue weighted by atomic mass is 9.82. The van der Waals surface area contributed by atoms with Gasteiger partial charge in [0.2, 0.25) is 5.91 Å². The molecule has 33 heavy (non-hydrogen) atoms. The van der Waals surface area contributed by atoms with Crippen molar-refractivity contribution in [2.45, 2.75) is 44.2 Å². The lowest BCUT2D eigenvalue weighted by Gasteiger charge is -2.25. The topological polar surface area (TPSA) is 80.2 Å². The van der Waals surface area contributed by atoms with Crippen molar-refractivity contribution in [2.75, 3.05) is 6.61 Å². The summed E-state index contributed by atoms with van der Waals surface area (Å²) in [6.45, 7) is -0.0242. The molecule has 1 aliphatic carbocycles. The Kier molecular flexibility index (Phi) is 6.60. The van der Waals surface area contributed by atoms with E-state index in [1.807, 2.05) is 30.3 Å². The van der Waals surface area contributed by atoms with E-state index in [0.29, 0.717) is 18.4 Å². The first-order valence-electron chi connectivity index (χ1n) is 10.8. The monoisotopic (exact) mass is 462 g/mol. The first-order chi connectivity index (χ1) is 15.8. The van der Waals surface area contributed by atoms with Crippen LogP contribution in [0.4, 0.5) is 13.2 Å². The lowest BCUT2D eigenvalue weighted by Crippen LogP contribution is -2.36. The molecule has 1 amide bonds. The van der Waals surface area contributed by atoms with Gasteiger partial charge in [-0.25, -0.2) is 0 Å². The number of alkyl halides is 3. The van der Waals surface area contributed by atoms with E-state index in [-0.39, 0.29) is 36.6 Å². The average molecular weight is 462 g/mol. The number of carbonyl (C=O) groups is 1. The maximum atomic E-state index is 12.9. The summed E-state index contributed by atoms with van der Waals surface area (Å²) in [5.74, 6) is -0.786. The molecule has 2 N–H and O–H groups in total. The van der Waals surface area contributed by atoms with E-state index in [4.69, 9.17) is 4.84 Å². The summed E-state index contributed by atoms with van der Waals surface area (Å²) in [7, 11) is 0. The van der Waals surface area contributed by atoms with Gasteiger partial charge >= 0.3 is 6.36 Å². The summed E-state index contributed by atoms with van der Waals surface area (Å²) in [6.07, 6.45) is -1.93. The molecule has 1 saturated carbocycles. The molecule has 0 spiro atoms. The maximum Gasteiger partial charge on any atom is 0.573 e. The second-order valence-corrected chi connectivity index (χ2v) is 8.42. The van der Waals surface area contributed by atoms with Gasteiger partial charge < -0.3 is 20.0 Å². The van der Waals surface area contributed by atoms with Crippen molar-refractivity contribution in [1.82, 2.24) is 5.32 Å². The number of nitrogens with zero attached hydrogens (tertiary/aromatic N) is 1. The van der Waals surface area contributed by atoms with Gasteiger partial charge in [0, 0.05) is 30.4 Å². The minimum atomic E-state index is -4.74. The molecule has 1 fully saturated rings. The Balaban J connectivity index is 1.36. The summed E-state index contributed by atoms with van der Waals surface area (Å²) >= 11 is 0. The first-order valence-corrected chi connectivity index (χ1v) is 10.8. The summed E-state index contributed by atoms with van der Waals surface area (Å²) in [5, 5.41) is 17.2. The van der Waals surface area contributed by atoms with Crippen molar-refractivity contribution >= 4 is 11.6 Å². The molecular formula is C24H25F3N2O4. The van der Waals surface area contributed by atoms with E-state index in [2.05, 4.69) is 15.2 Å². The fourth-order valence-corrected chi connectivity index (χ4v) is 4.58. The number of amides is 1. The third-order valence-corrected chi connectivity index (χ3v) is 6.26. The smallest absolute Gasteiger partial charge is 0.406 e. The molecule has 3 atom stereocenters. The fraction of sp³-hybridized carbons (Fsp3) is 0.417. The molecule has 176 valence electrons. The molecule has 6 nitrogen and oxygen atoms in total. The van der Waals surface area contributed by atoms with Gasteiger partial charge in [0.15, 0.2) is 5.60 Å². The van der Waals surface area contributed by atoms with E-state index in [9.17, 15) is 23.1 Å². The molecule has 9 heteroatoms. The Labute approximate surface area is 189 Å². The number of hydrogen-bond donors (Lipinski definition) is 2. The minimum absolute atomic E-state index is 0.0790. The Morgan fingerprint density at radius 2 is 1.88 bits per heavy atom. The molecule has 1 aliphatic heterocycles. The van der Waals surface area contributed by atoms with E-state index in [1.165, 1.54) is 24.3 Å². The fourth-order valence-electron chi connectivity index (χ4n) is 4.58. The van der Waals surface area contributed by atoms with Crippen LogP contribution in [0.15, 0.2) is 59.8 Å². The van der Waals surface area contributed by atoms with Crippen molar-refractivity contribution in [3.63, 3.8) is 0 Å². The van der Waals surface area contributed by atoms with Crippen LogP contribution in [0, 0.1) is 11.8 Å². The van der Waals surface area contributed by atoms with E-state index < -0.39 is 12.0 Å². The second kappa shape index (κ2) is 9.43. The van der Waals surface area contributed by atoms with Gasteiger partial charge in [-0.3, -0.25) is 4.79 Å². The molecule has 0 bridgehead atoms. The highest BCUT2D eigenvalue weighted by Gasteiger charge is 2.46. The van der Waals surface area contributed by atoms with Crippen LogP contribution >= 0.6 is 0 Å². The zero-order valence-electron chi connectivity index (χ0n) is 17.8. The molecule has 0 saturated heterocycles. The number of halogens is 3. The minimum Gasteiger partial charge on any atom is -0.406 e. The molecule has 2 aromatic rings. The van der Waals surface area contributed by atoms with Crippen molar-refractivity contribution < 1.29 is 32.6 Å². The molecule has 0 radical (unpaired) electrons. The normalized spacial score (nSPS) is 24.8. The summed E-state index contributed by atoms with van der Waals surface area (Å²) < 4.78 is 40.7. The van der Waals surface area contributed by atoms with Crippen LogP contribution in [-0.4, -0.2) is 29.7 Å². The highest BCUT2D eigenvalue weighted by Crippen LogP contribution is 2.42. The first kappa shape index (κ1) is 23.1. The molecule has 0 aromatic heterocycles. The summed E-state index contributed by atoms with van der Waals surface area (Å²) in [4.78, 5) is 18.6. The van der Waals surface area contributed by atoms with Gasteiger partial charge in [-0.05, 0) is 30.5 Å². The van der Waals surface area contributed by atoms with Crippen LogP contribution in [0.3, 0.4) is 0 Å². The molecule has 2 aromatic carbocycles. The third-order valence-electron chi connectivity index (χ3n) is 6.26. The SMILES string of the molecule is O=C(NCc1ccc(OC(F)(F)F)cc1)[C@@H]1CCC[C@H]1C1=NOC(CO)(c2ccccc2)C1. The summed E-state index contributed by atoms with van der Waals surface area (Å²) in [6, 6.07) is 14.8. The van der Waals surface area contributed by atoms with Gasteiger partial charge in [0.1, 0.15) is 5.75 Å². The average Bonchev–Trinajstić information content (AvgIpc) is 3.46. The molecule has 2 aliphatic rings. The van der Waals surface area contributed by atoms with Crippen LogP contribution in [-0.2, 0) is 21.8 Å². The van der Waals surface area contributed by atoms with Crippen LogP contribution in [0.2, 0.25) is 0 Å². The number of benzene rings is 2. The Bertz CT molecular complexity index is 995. The van der Waals surface area contributed by atoms with Crippen molar-refractivity contribution in [2.24, 2.45) is 17.0 Å². The quantitative estimate of drug-likeness (QED) is 0.644. The van der Waals surface area contributed by atoms with E-state index in [0.717, 1.165) is 24.1 Å². The number of aliphatic hydroxyl groups is 1. The van der Waals surface area contributed by atoms with Crippen molar-refractivity contribution in [1.29, 1.82) is 0 Å². The van der Waals surface area contributed by atoms with Crippen LogP contribution in [0.5, 0.6) is 5.75 Å². The Morgan fingerprint density at radius 1 is 1.15 bits per heavy atom. The number of rotatable bonds is 7. The number of ether oxygens (including phenoxy) is 1. The molecule has 1 heterocycles. The van der Waals surface area contributed by atoms with Gasteiger partial charge in [0.25, 0.3) is 0 Å². The van der Waals surface area contributed by atoms with Crippen LogP contribution < -0.4 is 10.1 Å². The third kappa shape index (κ3) is 5.30.